The quantitative estimate of drug-likeness (QED) is 0.0859. The molecule has 0 saturated carbocycles. The molecule has 2 unspecified atom stereocenters. The monoisotopic (exact) mass is 687 g/mol. The predicted octanol–water partition coefficient (Wildman–Crippen LogP) is -1.73. The fraction of sp³-hybridized carbons (Fsp3) is 0.522. The number of aliphatic hydroxyl groups excluding tert-OH is 3. The van der Waals surface area contributed by atoms with Crippen molar-refractivity contribution in [2.45, 2.75) is 62.4 Å². The summed E-state index contributed by atoms with van der Waals surface area (Å²) in [6, 6.07) is 0. The smallest absolute Gasteiger partial charge is 0.328 e. The third-order valence-corrected chi connectivity index (χ3v) is 9.64. The Morgan fingerprint density at radius 2 is 1.80 bits per heavy atom. The van der Waals surface area contributed by atoms with E-state index in [0.29, 0.717) is 5.56 Å². The van der Waals surface area contributed by atoms with Crippen LogP contribution in [0.4, 0.5) is 11.8 Å². The van der Waals surface area contributed by atoms with Crippen LogP contribution in [0.15, 0.2) is 23.6 Å². The van der Waals surface area contributed by atoms with Crippen LogP contribution in [0, 0.1) is 6.92 Å². The fourth-order valence-electron chi connectivity index (χ4n) is 5.68. The molecule has 0 spiro atoms. The van der Waals surface area contributed by atoms with Crippen molar-refractivity contribution in [3.8, 4) is 0 Å². The number of hydrogen-bond acceptors (Lipinski definition) is 16. The average Bonchev–Trinajstić information content (AvgIpc) is 3.71. The predicted molar refractivity (Wildman–Crippen MR) is 156 cm³/mol. The van der Waals surface area contributed by atoms with Crippen LogP contribution in [0.25, 0.3) is 22.2 Å². The van der Waals surface area contributed by atoms with Crippen LogP contribution >= 0.6 is 15.9 Å². The van der Waals surface area contributed by atoms with E-state index in [4.69, 9.17) is 34.9 Å². The van der Waals surface area contributed by atoms with Gasteiger partial charge in [-0.2, -0.15) is 4.98 Å². The molecule has 2 aliphatic rings. The van der Waals surface area contributed by atoms with Crippen molar-refractivity contribution in [2.75, 3.05) is 24.2 Å². The lowest BCUT2D eigenvalue weighted by Gasteiger charge is -2.25. The second-order valence-electron chi connectivity index (χ2n) is 10.9. The Morgan fingerprint density at radius 1 is 1.07 bits per heavy atom. The first-order valence-corrected chi connectivity index (χ1v) is 16.8. The Hall–Kier alpha value is -3.33. The number of fused-ring (bicyclic) bond motifs is 2. The van der Waals surface area contributed by atoms with Gasteiger partial charge in [-0.1, -0.05) is 0 Å². The maximum absolute atomic E-state index is 13.4. The number of imidazole rings is 1. The summed E-state index contributed by atoms with van der Waals surface area (Å²) in [5, 5.41) is 32.6. The van der Waals surface area contributed by atoms with Crippen molar-refractivity contribution in [2.24, 2.45) is 0 Å². The van der Waals surface area contributed by atoms with E-state index in [-0.39, 0.29) is 40.4 Å². The molecule has 21 nitrogen and oxygen atoms in total. The van der Waals surface area contributed by atoms with Crippen molar-refractivity contribution < 1.29 is 52.8 Å². The minimum Gasteiger partial charge on any atom is -0.388 e. The number of aromatic nitrogens is 7. The summed E-state index contributed by atoms with van der Waals surface area (Å²) in [5.41, 5.74) is 11.9. The molecule has 10 atom stereocenters. The average molecular weight is 688 g/mol. The van der Waals surface area contributed by atoms with E-state index in [9.17, 15) is 34.1 Å². The maximum Gasteiger partial charge on any atom is 0.328 e. The number of aliphatic hydroxyl groups is 3. The lowest BCUT2D eigenvalue weighted by molar-refractivity contribution is -0.0457. The van der Waals surface area contributed by atoms with E-state index < -0.39 is 83.3 Å². The summed E-state index contributed by atoms with van der Waals surface area (Å²) in [5.74, 6) is -0.133. The lowest BCUT2D eigenvalue weighted by atomic mass is 10.1. The highest BCUT2D eigenvalue weighted by atomic mass is 31.2. The van der Waals surface area contributed by atoms with Crippen molar-refractivity contribution in [3.05, 3.63) is 34.8 Å². The summed E-state index contributed by atoms with van der Waals surface area (Å²) in [7, 11) is -8.06. The number of ether oxygens (including phenoxy) is 2. The highest BCUT2D eigenvalue weighted by molar-refractivity contribution is 7.52. The molecule has 6 rings (SSSR count). The van der Waals surface area contributed by atoms with Gasteiger partial charge in [-0.15, -0.1) is 0 Å². The Labute approximate surface area is 258 Å². The van der Waals surface area contributed by atoms with Gasteiger partial charge in [0.25, 0.3) is 5.56 Å². The molecule has 0 aromatic carbocycles. The molecular weight excluding hydrogens is 656 g/mol. The minimum absolute atomic E-state index is 0.0242. The van der Waals surface area contributed by atoms with E-state index in [2.05, 4.69) is 24.9 Å². The Kier molecular flexibility index (Phi) is 8.76. The van der Waals surface area contributed by atoms with Crippen molar-refractivity contribution in [3.63, 3.8) is 0 Å². The number of nitrogens with zero attached hydrogens (tertiary/aromatic N) is 6. The molecule has 0 bridgehead atoms. The molecule has 46 heavy (non-hydrogen) atoms. The van der Waals surface area contributed by atoms with Crippen LogP contribution in [-0.4, -0.2) is 109 Å². The summed E-state index contributed by atoms with van der Waals surface area (Å²) < 4.78 is 49.2. The van der Waals surface area contributed by atoms with Crippen LogP contribution < -0.4 is 17.0 Å². The van der Waals surface area contributed by atoms with Gasteiger partial charge in [0.2, 0.25) is 5.95 Å². The minimum atomic E-state index is -4.64. The zero-order valence-corrected chi connectivity index (χ0v) is 25.7. The molecule has 0 amide bonds. The molecule has 2 fully saturated rings. The van der Waals surface area contributed by atoms with E-state index in [1.54, 1.807) is 6.92 Å². The van der Waals surface area contributed by atoms with E-state index >= 15 is 0 Å². The highest BCUT2D eigenvalue weighted by Crippen LogP contribution is 2.50. The second-order valence-corrected chi connectivity index (χ2v) is 13.6. The normalized spacial score (nSPS) is 30.3. The van der Waals surface area contributed by atoms with Crippen molar-refractivity contribution >= 4 is 49.8 Å². The number of anilines is 2. The van der Waals surface area contributed by atoms with Gasteiger partial charge >= 0.3 is 15.9 Å². The molecule has 6 heterocycles. The topological polar surface area (TPSA) is 319 Å². The first-order chi connectivity index (χ1) is 21.8. The second kappa shape index (κ2) is 12.4. The Bertz CT molecular complexity index is 1900. The van der Waals surface area contributed by atoms with Gasteiger partial charge in [0.15, 0.2) is 29.6 Å². The van der Waals surface area contributed by atoms with Gasteiger partial charge in [0.05, 0.1) is 30.6 Å². The van der Waals surface area contributed by atoms with Crippen LogP contribution in [0.2, 0.25) is 0 Å². The number of aromatic amines is 1. The Balaban J connectivity index is 1.22. The largest absolute Gasteiger partial charge is 0.388 e. The lowest BCUT2D eigenvalue weighted by Crippen LogP contribution is -2.35. The Morgan fingerprint density at radius 3 is 2.54 bits per heavy atom. The fourth-order valence-corrected chi connectivity index (χ4v) is 7.29. The molecule has 2 saturated heterocycles. The first kappa shape index (κ1) is 32.6. The highest BCUT2D eigenvalue weighted by Gasteiger charge is 2.50. The van der Waals surface area contributed by atoms with Gasteiger partial charge in [0.1, 0.15) is 42.4 Å². The van der Waals surface area contributed by atoms with Gasteiger partial charge < -0.3 is 55.1 Å². The third kappa shape index (κ3) is 5.96. The SMILES string of the molecule is Cc1cn([C@@H]2O[C@H](CO[PH](=O)O)[C@H](O)[C@@H]2OP(=O)(O)CC[C@H]2O[C@@H](n3cnc4c(N)ncnc43)[C@@H](O)[C@H]2O)c2nc(N)[nH]c(=O)c12. The number of nitrogens with one attached hydrogen (secondary N) is 1. The zero-order valence-electron chi connectivity index (χ0n) is 23.9. The number of nitrogens with two attached hydrogens (primary N) is 2. The number of hydrogen-bond donors (Lipinski definition) is 8. The molecular formula is C23H31N9O12P2. The summed E-state index contributed by atoms with van der Waals surface area (Å²) in [4.78, 5) is 51.2. The van der Waals surface area contributed by atoms with Gasteiger partial charge in [-0.3, -0.25) is 28.0 Å². The third-order valence-electron chi connectivity index (χ3n) is 7.83. The molecule has 250 valence electrons. The van der Waals surface area contributed by atoms with Crippen LogP contribution in [0.5, 0.6) is 0 Å². The van der Waals surface area contributed by atoms with Gasteiger partial charge in [0, 0.05) is 6.20 Å². The van der Waals surface area contributed by atoms with Crippen LogP contribution in [-0.2, 0) is 27.7 Å². The van der Waals surface area contributed by atoms with E-state index in [1.807, 2.05) is 0 Å². The molecule has 4 aromatic rings. The molecule has 0 aliphatic carbocycles. The zero-order chi connectivity index (χ0) is 33.1. The van der Waals surface area contributed by atoms with Crippen molar-refractivity contribution in [1.82, 2.24) is 34.1 Å². The standard InChI is InChI=1S/C23H31N9O12P2/c1-8-4-31(18-11(8)20(36)30-23(25)29-18)22-16(14(34)10(43-22)5-41-45(37)38)44-46(39,40)3-2-9-13(33)15(35)21(42-9)32-7-28-12-17(24)26-6-27-19(12)32/h4,6-7,9-10,13-16,21-22,33-35,45H,2-3,5H2,1H3,(H,37,38)(H,39,40)(H2,24,26,27)(H3,25,29,30,36)/t9-,10-,13+,14+,15+,16+,21-,22-/m1/s1. The number of aryl methyl sites for hydroxylation is 1. The summed E-state index contributed by atoms with van der Waals surface area (Å²) >= 11 is 0. The number of rotatable bonds is 10. The molecule has 23 heteroatoms. The first-order valence-electron chi connectivity index (χ1n) is 13.8. The van der Waals surface area contributed by atoms with Gasteiger partial charge in [-0.05, 0) is 18.9 Å². The van der Waals surface area contributed by atoms with Crippen molar-refractivity contribution in [1.29, 1.82) is 0 Å². The summed E-state index contributed by atoms with van der Waals surface area (Å²) in [6.45, 7) is 1.03. The van der Waals surface area contributed by atoms with Crippen LogP contribution in [0.1, 0.15) is 24.4 Å². The van der Waals surface area contributed by atoms with E-state index in [1.165, 1.54) is 28.0 Å². The van der Waals surface area contributed by atoms with Gasteiger partial charge in [-0.25, -0.2) is 15.0 Å². The molecule has 4 aromatic heterocycles. The molecule has 10 N–H and O–H groups in total. The summed E-state index contributed by atoms with van der Waals surface area (Å²) in [6.07, 6.45) is -8.12. The molecule has 2 aliphatic heterocycles. The van der Waals surface area contributed by atoms with E-state index in [0.717, 1.165) is 0 Å². The molecule has 0 radical (unpaired) electrons. The maximum atomic E-state index is 13.4. The van der Waals surface area contributed by atoms with Crippen LogP contribution in [0.3, 0.4) is 0 Å². The number of nitrogen functional groups attached to an aromatic ring is 2. The number of H-pyrrole nitrogens is 1.